The van der Waals surface area contributed by atoms with Gasteiger partial charge >= 0.3 is 0 Å². The van der Waals surface area contributed by atoms with E-state index in [-0.39, 0.29) is 12.4 Å². The largest absolute Gasteiger partial charge is 0.309 e. The molecule has 4 atom stereocenters. The zero-order valence-electron chi connectivity index (χ0n) is 7.72. The topological polar surface area (TPSA) is 24.1 Å². The van der Waals surface area contributed by atoms with Crippen LogP contribution in [0.1, 0.15) is 27.7 Å². The molecule has 1 aliphatic heterocycles. The predicted molar refractivity (Wildman–Crippen MR) is 51.4 cm³/mol. The summed E-state index contributed by atoms with van der Waals surface area (Å²) in [6.45, 7) is 8.89. The normalized spacial score (nSPS) is 44.7. The first kappa shape index (κ1) is 11.2. The molecule has 4 unspecified atom stereocenters. The molecule has 2 nitrogen and oxygen atoms in total. The molecule has 11 heavy (non-hydrogen) atoms. The van der Waals surface area contributed by atoms with Crippen LogP contribution in [0, 0.1) is 0 Å². The third-order valence-corrected chi connectivity index (χ3v) is 2.55. The lowest BCUT2D eigenvalue weighted by Crippen LogP contribution is -2.62. The van der Waals surface area contributed by atoms with Gasteiger partial charge in [-0.2, -0.15) is 0 Å². The maximum atomic E-state index is 3.52. The molecule has 0 spiro atoms. The van der Waals surface area contributed by atoms with Gasteiger partial charge in [-0.15, -0.1) is 12.4 Å². The minimum atomic E-state index is 0. The van der Waals surface area contributed by atoms with Crippen LogP contribution >= 0.6 is 12.4 Å². The second kappa shape index (κ2) is 4.29. The SMILES string of the molecule is CC1NC(C)C(C)NC1C.Cl. The monoisotopic (exact) mass is 178 g/mol. The summed E-state index contributed by atoms with van der Waals surface area (Å²) in [4.78, 5) is 0. The molecule has 1 heterocycles. The Hall–Kier alpha value is 0.210. The number of piperazine rings is 1. The number of halogens is 1. The molecule has 1 fully saturated rings. The van der Waals surface area contributed by atoms with Crippen LogP contribution in [0.15, 0.2) is 0 Å². The van der Waals surface area contributed by atoms with Crippen LogP contribution in [0.3, 0.4) is 0 Å². The first-order valence-corrected chi connectivity index (χ1v) is 4.13. The molecule has 0 bridgehead atoms. The van der Waals surface area contributed by atoms with Gasteiger partial charge in [-0.05, 0) is 27.7 Å². The molecular formula is C8H19ClN2. The maximum Gasteiger partial charge on any atom is 0.0193 e. The van der Waals surface area contributed by atoms with Crippen molar-refractivity contribution in [1.82, 2.24) is 10.6 Å². The average Bonchev–Trinajstić information content (AvgIpc) is 1.84. The van der Waals surface area contributed by atoms with Crippen LogP contribution in [-0.4, -0.2) is 24.2 Å². The molecular weight excluding hydrogens is 160 g/mol. The van der Waals surface area contributed by atoms with Gasteiger partial charge in [0.1, 0.15) is 0 Å². The van der Waals surface area contributed by atoms with Gasteiger partial charge in [0.2, 0.25) is 0 Å². The van der Waals surface area contributed by atoms with E-state index in [4.69, 9.17) is 0 Å². The van der Waals surface area contributed by atoms with Gasteiger partial charge in [-0.1, -0.05) is 0 Å². The third kappa shape index (κ3) is 2.62. The van der Waals surface area contributed by atoms with Gasteiger partial charge in [-0.25, -0.2) is 0 Å². The van der Waals surface area contributed by atoms with E-state index in [1.807, 2.05) is 0 Å². The van der Waals surface area contributed by atoms with E-state index >= 15 is 0 Å². The van der Waals surface area contributed by atoms with E-state index in [0.717, 1.165) is 0 Å². The molecule has 3 heteroatoms. The van der Waals surface area contributed by atoms with Crippen molar-refractivity contribution in [2.45, 2.75) is 51.9 Å². The Morgan fingerprint density at radius 2 is 0.818 bits per heavy atom. The summed E-state index contributed by atoms with van der Waals surface area (Å²) in [5.41, 5.74) is 0. The second-order valence-electron chi connectivity index (χ2n) is 3.49. The molecule has 0 saturated carbocycles. The molecule has 1 saturated heterocycles. The smallest absolute Gasteiger partial charge is 0.0193 e. The first-order valence-electron chi connectivity index (χ1n) is 4.13. The summed E-state index contributed by atoms with van der Waals surface area (Å²) in [6.07, 6.45) is 0. The van der Waals surface area contributed by atoms with Crippen molar-refractivity contribution >= 4 is 12.4 Å². The molecule has 1 rings (SSSR count). The van der Waals surface area contributed by atoms with Crippen molar-refractivity contribution in [2.75, 3.05) is 0 Å². The Morgan fingerprint density at radius 3 is 1.00 bits per heavy atom. The standard InChI is InChI=1S/C8H18N2.ClH/c1-5-6(2)10-8(4)7(3)9-5;/h5-10H,1-4H3;1H. The van der Waals surface area contributed by atoms with Gasteiger partial charge in [0.05, 0.1) is 0 Å². The molecule has 0 radical (unpaired) electrons. The zero-order valence-corrected chi connectivity index (χ0v) is 8.53. The van der Waals surface area contributed by atoms with Gasteiger partial charge in [0, 0.05) is 24.2 Å². The van der Waals surface area contributed by atoms with Crippen LogP contribution in [0.2, 0.25) is 0 Å². The number of hydrogen-bond acceptors (Lipinski definition) is 2. The highest BCUT2D eigenvalue weighted by atomic mass is 35.5. The van der Waals surface area contributed by atoms with Crippen LogP contribution in [-0.2, 0) is 0 Å². The molecule has 0 amide bonds. The Morgan fingerprint density at radius 1 is 0.636 bits per heavy atom. The Balaban J connectivity index is 0.000001000. The fourth-order valence-electron chi connectivity index (χ4n) is 1.41. The Kier molecular flexibility index (Phi) is 4.37. The van der Waals surface area contributed by atoms with E-state index in [9.17, 15) is 0 Å². The summed E-state index contributed by atoms with van der Waals surface area (Å²) in [5.74, 6) is 0. The van der Waals surface area contributed by atoms with E-state index in [1.165, 1.54) is 0 Å². The lowest BCUT2D eigenvalue weighted by Gasteiger charge is -2.38. The summed E-state index contributed by atoms with van der Waals surface area (Å²) < 4.78 is 0. The zero-order chi connectivity index (χ0) is 7.72. The van der Waals surface area contributed by atoms with Crippen LogP contribution in [0.25, 0.3) is 0 Å². The van der Waals surface area contributed by atoms with Crippen molar-refractivity contribution in [3.05, 3.63) is 0 Å². The van der Waals surface area contributed by atoms with Gasteiger partial charge < -0.3 is 10.6 Å². The Bertz CT molecular complexity index is 92.7. The highest BCUT2D eigenvalue weighted by Crippen LogP contribution is 2.05. The molecule has 0 aromatic heterocycles. The molecule has 0 aromatic rings. The van der Waals surface area contributed by atoms with Crippen molar-refractivity contribution in [2.24, 2.45) is 0 Å². The quantitative estimate of drug-likeness (QED) is 0.582. The van der Waals surface area contributed by atoms with E-state index < -0.39 is 0 Å². The van der Waals surface area contributed by atoms with Crippen LogP contribution in [0.5, 0.6) is 0 Å². The first-order chi connectivity index (χ1) is 4.61. The lowest BCUT2D eigenvalue weighted by atomic mass is 10.0. The number of nitrogens with one attached hydrogen (secondary N) is 2. The van der Waals surface area contributed by atoms with E-state index in [1.54, 1.807) is 0 Å². The summed E-state index contributed by atoms with van der Waals surface area (Å²) >= 11 is 0. The summed E-state index contributed by atoms with van der Waals surface area (Å²) in [7, 11) is 0. The van der Waals surface area contributed by atoms with Gasteiger partial charge in [-0.3, -0.25) is 0 Å². The second-order valence-corrected chi connectivity index (χ2v) is 3.49. The number of rotatable bonds is 0. The predicted octanol–water partition coefficient (Wildman–Crippen LogP) is 1.16. The van der Waals surface area contributed by atoms with Gasteiger partial charge in [0.25, 0.3) is 0 Å². The van der Waals surface area contributed by atoms with E-state index in [0.29, 0.717) is 24.2 Å². The van der Waals surface area contributed by atoms with Crippen LogP contribution < -0.4 is 10.6 Å². The van der Waals surface area contributed by atoms with Gasteiger partial charge in [0.15, 0.2) is 0 Å². The highest BCUT2D eigenvalue weighted by Gasteiger charge is 2.25. The average molecular weight is 179 g/mol. The highest BCUT2D eigenvalue weighted by molar-refractivity contribution is 5.85. The minimum absolute atomic E-state index is 0. The molecule has 2 N–H and O–H groups in total. The maximum absolute atomic E-state index is 3.52. The molecule has 0 aromatic carbocycles. The third-order valence-electron chi connectivity index (χ3n) is 2.55. The van der Waals surface area contributed by atoms with Crippen molar-refractivity contribution in [3.8, 4) is 0 Å². The molecule has 0 aliphatic carbocycles. The molecule has 68 valence electrons. The lowest BCUT2D eigenvalue weighted by molar-refractivity contribution is 0.250. The minimum Gasteiger partial charge on any atom is -0.309 e. The molecule has 1 aliphatic rings. The number of hydrogen-bond donors (Lipinski definition) is 2. The van der Waals surface area contributed by atoms with Crippen molar-refractivity contribution < 1.29 is 0 Å². The summed E-state index contributed by atoms with van der Waals surface area (Å²) in [6, 6.07) is 2.41. The fraction of sp³-hybridized carbons (Fsp3) is 1.00. The van der Waals surface area contributed by atoms with Crippen LogP contribution in [0.4, 0.5) is 0 Å². The Labute approximate surface area is 75.5 Å². The van der Waals surface area contributed by atoms with Crippen molar-refractivity contribution in [3.63, 3.8) is 0 Å². The summed E-state index contributed by atoms with van der Waals surface area (Å²) in [5, 5.41) is 7.03. The van der Waals surface area contributed by atoms with E-state index in [2.05, 4.69) is 38.3 Å². The van der Waals surface area contributed by atoms with Crippen molar-refractivity contribution in [1.29, 1.82) is 0 Å². The fourth-order valence-corrected chi connectivity index (χ4v) is 1.41.